The smallest absolute Gasteiger partial charge is 0.280 e. The standard InChI is InChI=1S/C17H24ClN3O3S/c1-14(17(22)20-8-4-5-9-20)19-10-12-21(13-11-19)25(23,24)16-7-3-2-6-15(16)18/h2-3,6-7,14H,4-5,8-13H2,1H3/p+1/t14-/m1/s1. The Kier molecular flexibility index (Phi) is 5.68. The summed E-state index contributed by atoms with van der Waals surface area (Å²) < 4.78 is 27.0. The lowest BCUT2D eigenvalue weighted by Crippen LogP contribution is -3.19. The predicted octanol–water partition coefficient (Wildman–Crippen LogP) is 0.240. The van der Waals surface area contributed by atoms with E-state index in [-0.39, 0.29) is 21.9 Å². The van der Waals surface area contributed by atoms with Gasteiger partial charge < -0.3 is 9.80 Å². The molecule has 3 rings (SSSR count). The topological polar surface area (TPSA) is 62.1 Å². The molecule has 2 aliphatic rings. The molecule has 0 unspecified atom stereocenters. The van der Waals surface area contributed by atoms with Gasteiger partial charge in [0, 0.05) is 13.1 Å². The van der Waals surface area contributed by atoms with Gasteiger partial charge >= 0.3 is 0 Å². The normalized spacial score (nSPS) is 21.4. The summed E-state index contributed by atoms with van der Waals surface area (Å²) >= 11 is 6.06. The lowest BCUT2D eigenvalue weighted by molar-refractivity contribution is -0.918. The van der Waals surface area contributed by atoms with E-state index < -0.39 is 10.0 Å². The lowest BCUT2D eigenvalue weighted by Gasteiger charge is -2.35. The van der Waals surface area contributed by atoms with Gasteiger partial charge in [-0.25, -0.2) is 8.42 Å². The van der Waals surface area contributed by atoms with Gasteiger partial charge in [0.1, 0.15) is 4.90 Å². The van der Waals surface area contributed by atoms with Crippen LogP contribution in [0.4, 0.5) is 0 Å². The molecular formula is C17H25ClN3O3S+. The summed E-state index contributed by atoms with van der Waals surface area (Å²) in [4.78, 5) is 15.8. The number of quaternary nitrogens is 1. The summed E-state index contributed by atoms with van der Waals surface area (Å²) in [6.45, 7) is 5.72. The molecule has 8 heteroatoms. The van der Waals surface area contributed by atoms with Crippen molar-refractivity contribution in [3.8, 4) is 0 Å². The van der Waals surface area contributed by atoms with E-state index in [1.807, 2.05) is 11.8 Å². The van der Waals surface area contributed by atoms with Crippen molar-refractivity contribution in [2.24, 2.45) is 0 Å². The quantitative estimate of drug-likeness (QED) is 0.806. The number of nitrogens with one attached hydrogen (secondary N) is 1. The molecule has 138 valence electrons. The Morgan fingerprint density at radius 3 is 2.32 bits per heavy atom. The van der Waals surface area contributed by atoms with Gasteiger partial charge in [0.2, 0.25) is 10.0 Å². The summed E-state index contributed by atoms with van der Waals surface area (Å²) in [6, 6.07) is 6.40. The van der Waals surface area contributed by atoms with Crippen LogP contribution >= 0.6 is 11.6 Å². The van der Waals surface area contributed by atoms with E-state index >= 15 is 0 Å². The fourth-order valence-electron chi connectivity index (χ4n) is 3.63. The Hall–Kier alpha value is -1.15. The first-order valence-corrected chi connectivity index (χ1v) is 10.6. The van der Waals surface area contributed by atoms with E-state index in [0.717, 1.165) is 30.8 Å². The second kappa shape index (κ2) is 7.61. The van der Waals surface area contributed by atoms with Crippen molar-refractivity contribution in [1.29, 1.82) is 0 Å². The predicted molar refractivity (Wildman–Crippen MR) is 96.2 cm³/mol. The Bertz CT molecular complexity index is 726. The fraction of sp³-hybridized carbons (Fsp3) is 0.588. The third-order valence-corrected chi connectivity index (χ3v) is 7.62. The van der Waals surface area contributed by atoms with E-state index in [4.69, 9.17) is 11.6 Å². The van der Waals surface area contributed by atoms with Gasteiger partial charge in [0.25, 0.3) is 5.91 Å². The molecule has 1 N–H and O–H groups in total. The van der Waals surface area contributed by atoms with Crippen LogP contribution in [0.5, 0.6) is 0 Å². The van der Waals surface area contributed by atoms with Gasteiger partial charge in [-0.05, 0) is 31.9 Å². The number of benzene rings is 1. The SMILES string of the molecule is C[C@H](C(=O)N1CCCC1)[NH+]1CCN(S(=O)(=O)c2ccccc2Cl)CC1. The summed E-state index contributed by atoms with van der Waals surface area (Å²) in [7, 11) is -3.59. The molecule has 0 spiro atoms. The number of hydrogen-bond acceptors (Lipinski definition) is 3. The summed E-state index contributed by atoms with van der Waals surface area (Å²) in [5.41, 5.74) is 0. The van der Waals surface area contributed by atoms with Crippen LogP contribution in [0.2, 0.25) is 5.02 Å². The zero-order chi connectivity index (χ0) is 18.0. The van der Waals surface area contributed by atoms with E-state index in [0.29, 0.717) is 26.2 Å². The van der Waals surface area contributed by atoms with Crippen LogP contribution in [0.1, 0.15) is 19.8 Å². The zero-order valence-electron chi connectivity index (χ0n) is 14.4. The van der Waals surface area contributed by atoms with Crippen molar-refractivity contribution in [2.75, 3.05) is 39.3 Å². The summed E-state index contributed by atoms with van der Waals surface area (Å²) in [5.74, 6) is 0.190. The van der Waals surface area contributed by atoms with Crippen molar-refractivity contribution in [2.45, 2.75) is 30.7 Å². The number of nitrogens with zero attached hydrogens (tertiary/aromatic N) is 2. The van der Waals surface area contributed by atoms with Crippen LogP contribution in [-0.4, -0.2) is 68.8 Å². The first kappa shape index (κ1) is 18.6. The highest BCUT2D eigenvalue weighted by atomic mass is 35.5. The second-order valence-corrected chi connectivity index (χ2v) is 9.06. The maximum absolute atomic E-state index is 12.8. The minimum absolute atomic E-state index is 0.122. The van der Waals surface area contributed by atoms with Crippen LogP contribution < -0.4 is 4.90 Å². The Morgan fingerprint density at radius 2 is 1.72 bits per heavy atom. The number of carbonyl (C=O) groups is 1. The minimum Gasteiger partial charge on any atom is -0.338 e. The van der Waals surface area contributed by atoms with Crippen LogP contribution in [0, 0.1) is 0 Å². The van der Waals surface area contributed by atoms with Crippen LogP contribution in [-0.2, 0) is 14.8 Å². The zero-order valence-corrected chi connectivity index (χ0v) is 16.0. The molecule has 1 amide bonds. The summed E-state index contributed by atoms with van der Waals surface area (Å²) in [5, 5.41) is 0.245. The van der Waals surface area contributed by atoms with Gasteiger partial charge in [0.15, 0.2) is 6.04 Å². The summed E-state index contributed by atoms with van der Waals surface area (Å²) in [6.07, 6.45) is 2.16. The number of carbonyl (C=O) groups excluding carboxylic acids is 1. The van der Waals surface area contributed by atoms with Crippen LogP contribution in [0.3, 0.4) is 0 Å². The van der Waals surface area contributed by atoms with Crippen molar-refractivity contribution >= 4 is 27.5 Å². The van der Waals surface area contributed by atoms with E-state index in [1.54, 1.807) is 18.2 Å². The van der Waals surface area contributed by atoms with Crippen LogP contribution in [0.15, 0.2) is 29.2 Å². The number of sulfonamides is 1. The Morgan fingerprint density at radius 1 is 1.12 bits per heavy atom. The molecule has 1 atom stereocenters. The maximum Gasteiger partial charge on any atom is 0.280 e. The molecule has 0 aliphatic carbocycles. The van der Waals surface area contributed by atoms with Crippen LogP contribution in [0.25, 0.3) is 0 Å². The average Bonchev–Trinajstić information content (AvgIpc) is 3.15. The fourth-order valence-corrected chi connectivity index (χ4v) is 5.56. The van der Waals surface area contributed by atoms with Crippen molar-refractivity contribution in [3.05, 3.63) is 29.3 Å². The monoisotopic (exact) mass is 386 g/mol. The molecule has 6 nitrogen and oxygen atoms in total. The van der Waals surface area contributed by atoms with Crippen molar-refractivity contribution < 1.29 is 18.1 Å². The molecule has 1 aromatic carbocycles. The number of piperazine rings is 1. The first-order valence-electron chi connectivity index (χ1n) is 8.79. The molecular weight excluding hydrogens is 362 g/mol. The Balaban J connectivity index is 1.63. The first-order chi connectivity index (χ1) is 11.9. The van der Waals surface area contributed by atoms with Gasteiger partial charge in [-0.3, -0.25) is 4.79 Å². The lowest BCUT2D eigenvalue weighted by atomic mass is 10.2. The number of hydrogen-bond donors (Lipinski definition) is 1. The molecule has 2 heterocycles. The van der Waals surface area contributed by atoms with E-state index in [1.165, 1.54) is 10.4 Å². The highest BCUT2D eigenvalue weighted by Crippen LogP contribution is 2.24. The molecule has 0 saturated carbocycles. The number of rotatable bonds is 4. The molecule has 0 aromatic heterocycles. The van der Waals surface area contributed by atoms with Gasteiger partial charge in [0.05, 0.1) is 31.2 Å². The molecule has 2 saturated heterocycles. The maximum atomic E-state index is 12.8. The third kappa shape index (κ3) is 3.84. The van der Waals surface area contributed by atoms with Gasteiger partial charge in [-0.2, -0.15) is 4.31 Å². The van der Waals surface area contributed by atoms with Gasteiger partial charge in [-0.15, -0.1) is 0 Å². The highest BCUT2D eigenvalue weighted by Gasteiger charge is 2.36. The number of amides is 1. The molecule has 25 heavy (non-hydrogen) atoms. The minimum atomic E-state index is -3.59. The van der Waals surface area contributed by atoms with E-state index in [2.05, 4.69) is 0 Å². The largest absolute Gasteiger partial charge is 0.338 e. The average molecular weight is 387 g/mol. The molecule has 2 aliphatic heterocycles. The van der Waals surface area contributed by atoms with Crippen molar-refractivity contribution in [1.82, 2.24) is 9.21 Å². The second-order valence-electron chi connectivity index (χ2n) is 6.75. The van der Waals surface area contributed by atoms with E-state index in [9.17, 15) is 13.2 Å². The molecule has 0 bridgehead atoms. The van der Waals surface area contributed by atoms with Gasteiger partial charge in [-0.1, -0.05) is 23.7 Å². The third-order valence-electron chi connectivity index (χ3n) is 5.22. The number of likely N-dealkylation sites (tertiary alicyclic amines) is 1. The Labute approximate surface area is 154 Å². The van der Waals surface area contributed by atoms with Crippen molar-refractivity contribution in [3.63, 3.8) is 0 Å². The molecule has 1 aromatic rings. The molecule has 0 radical (unpaired) electrons. The number of halogens is 1. The highest BCUT2D eigenvalue weighted by molar-refractivity contribution is 7.89. The molecule has 2 fully saturated rings.